The molecule has 1 heterocycles. The second kappa shape index (κ2) is 6.62. The standard InChI is InChI=1S/C14H16F2N2O3/c15-10-1-2-11(16)12(7-10)17-13(19)8-18-5-3-9(4-6-18)14(20)21/h1-2,7,9H,3-6,8H2,(H,17,19)(H,20,21). The number of nitrogens with zero attached hydrogens (tertiary/aromatic N) is 1. The van der Waals surface area contributed by atoms with Gasteiger partial charge in [0.15, 0.2) is 0 Å². The third-order valence-electron chi connectivity index (χ3n) is 3.51. The molecule has 0 spiro atoms. The van der Waals surface area contributed by atoms with E-state index < -0.39 is 23.5 Å². The molecule has 1 amide bonds. The Morgan fingerprint density at radius 1 is 1.29 bits per heavy atom. The molecule has 0 unspecified atom stereocenters. The maximum atomic E-state index is 13.4. The molecule has 0 aromatic heterocycles. The van der Waals surface area contributed by atoms with E-state index >= 15 is 0 Å². The Morgan fingerprint density at radius 3 is 2.57 bits per heavy atom. The smallest absolute Gasteiger partial charge is 0.306 e. The molecule has 1 aliphatic heterocycles. The Kier molecular flexibility index (Phi) is 4.85. The van der Waals surface area contributed by atoms with E-state index in [9.17, 15) is 18.4 Å². The van der Waals surface area contributed by atoms with Crippen LogP contribution in [0.15, 0.2) is 18.2 Å². The van der Waals surface area contributed by atoms with Crippen LogP contribution in [-0.4, -0.2) is 41.5 Å². The van der Waals surface area contributed by atoms with Gasteiger partial charge in [-0.2, -0.15) is 0 Å². The first-order valence-corrected chi connectivity index (χ1v) is 6.66. The van der Waals surface area contributed by atoms with E-state index in [-0.39, 0.29) is 18.2 Å². The van der Waals surface area contributed by atoms with Crippen molar-refractivity contribution in [1.82, 2.24) is 4.90 Å². The van der Waals surface area contributed by atoms with E-state index in [2.05, 4.69) is 5.32 Å². The monoisotopic (exact) mass is 298 g/mol. The van der Waals surface area contributed by atoms with Crippen LogP contribution in [0.4, 0.5) is 14.5 Å². The fourth-order valence-electron chi connectivity index (χ4n) is 2.32. The van der Waals surface area contributed by atoms with Crippen LogP contribution in [0.25, 0.3) is 0 Å². The fraction of sp³-hybridized carbons (Fsp3) is 0.429. The van der Waals surface area contributed by atoms with Crippen LogP contribution < -0.4 is 5.32 Å². The minimum atomic E-state index is -0.819. The Hall–Kier alpha value is -2.02. The molecule has 1 aromatic carbocycles. The van der Waals surface area contributed by atoms with Crippen molar-refractivity contribution in [2.45, 2.75) is 12.8 Å². The minimum Gasteiger partial charge on any atom is -0.481 e. The van der Waals surface area contributed by atoms with E-state index in [1.807, 2.05) is 0 Å². The summed E-state index contributed by atoms with van der Waals surface area (Å²) in [5.41, 5.74) is -0.194. The van der Waals surface area contributed by atoms with Gasteiger partial charge in [-0.05, 0) is 38.1 Å². The van der Waals surface area contributed by atoms with Crippen LogP contribution in [-0.2, 0) is 9.59 Å². The van der Waals surface area contributed by atoms with Crippen LogP contribution in [0.2, 0.25) is 0 Å². The molecule has 0 aliphatic carbocycles. The first-order chi connectivity index (χ1) is 9.95. The molecular formula is C14H16F2N2O3. The van der Waals surface area contributed by atoms with Crippen molar-refractivity contribution in [2.24, 2.45) is 5.92 Å². The lowest BCUT2D eigenvalue weighted by Gasteiger charge is -2.29. The summed E-state index contributed by atoms with van der Waals surface area (Å²) < 4.78 is 26.4. The lowest BCUT2D eigenvalue weighted by Crippen LogP contribution is -2.40. The zero-order valence-corrected chi connectivity index (χ0v) is 11.3. The van der Waals surface area contributed by atoms with Crippen molar-refractivity contribution in [3.8, 4) is 0 Å². The molecule has 1 fully saturated rings. The number of carbonyl (C=O) groups is 2. The highest BCUT2D eigenvalue weighted by Crippen LogP contribution is 2.18. The molecule has 2 rings (SSSR count). The Bertz CT molecular complexity index is 543. The molecule has 1 aliphatic rings. The predicted octanol–water partition coefficient (Wildman–Crippen LogP) is 1.70. The highest BCUT2D eigenvalue weighted by molar-refractivity contribution is 5.92. The summed E-state index contributed by atoms with van der Waals surface area (Å²) in [5.74, 6) is -2.97. The lowest BCUT2D eigenvalue weighted by molar-refractivity contribution is -0.143. The van der Waals surface area contributed by atoms with E-state index in [1.54, 1.807) is 4.90 Å². The zero-order chi connectivity index (χ0) is 15.4. The first-order valence-electron chi connectivity index (χ1n) is 6.66. The molecular weight excluding hydrogens is 282 g/mol. The molecule has 0 radical (unpaired) electrons. The number of carbonyl (C=O) groups excluding carboxylic acids is 1. The molecule has 2 N–H and O–H groups in total. The number of rotatable bonds is 4. The van der Waals surface area contributed by atoms with Crippen LogP contribution in [0.1, 0.15) is 12.8 Å². The second-order valence-corrected chi connectivity index (χ2v) is 5.06. The van der Waals surface area contributed by atoms with Gasteiger partial charge < -0.3 is 10.4 Å². The summed E-state index contributed by atoms with van der Waals surface area (Å²) >= 11 is 0. The molecule has 21 heavy (non-hydrogen) atoms. The summed E-state index contributed by atoms with van der Waals surface area (Å²) in [6.45, 7) is 1.02. The number of anilines is 1. The number of carboxylic acid groups (broad SMARTS) is 1. The van der Waals surface area contributed by atoms with E-state index in [0.29, 0.717) is 25.9 Å². The van der Waals surface area contributed by atoms with Gasteiger partial charge in [-0.25, -0.2) is 8.78 Å². The number of benzene rings is 1. The summed E-state index contributed by atoms with van der Waals surface area (Å²) in [5, 5.41) is 11.2. The van der Waals surface area contributed by atoms with Gasteiger partial charge in [-0.3, -0.25) is 14.5 Å². The SMILES string of the molecule is O=C(CN1CCC(C(=O)O)CC1)Nc1cc(F)ccc1F. The Morgan fingerprint density at radius 2 is 1.95 bits per heavy atom. The molecule has 0 bridgehead atoms. The van der Waals surface area contributed by atoms with Gasteiger partial charge in [0, 0.05) is 6.07 Å². The molecule has 0 saturated carbocycles. The van der Waals surface area contributed by atoms with Gasteiger partial charge in [-0.1, -0.05) is 0 Å². The van der Waals surface area contributed by atoms with Gasteiger partial charge in [0.25, 0.3) is 0 Å². The lowest BCUT2D eigenvalue weighted by atomic mass is 9.97. The van der Waals surface area contributed by atoms with Crippen molar-refractivity contribution in [3.05, 3.63) is 29.8 Å². The number of amides is 1. The number of piperidine rings is 1. The van der Waals surface area contributed by atoms with Crippen molar-refractivity contribution >= 4 is 17.6 Å². The van der Waals surface area contributed by atoms with Gasteiger partial charge in [0.1, 0.15) is 11.6 Å². The largest absolute Gasteiger partial charge is 0.481 e. The maximum absolute atomic E-state index is 13.4. The number of carboxylic acids is 1. The molecule has 1 aromatic rings. The van der Waals surface area contributed by atoms with Gasteiger partial charge in [0.2, 0.25) is 5.91 Å². The molecule has 7 heteroatoms. The minimum absolute atomic E-state index is 0.0301. The quantitative estimate of drug-likeness (QED) is 0.887. The number of hydrogen-bond donors (Lipinski definition) is 2. The third kappa shape index (κ3) is 4.22. The van der Waals surface area contributed by atoms with Crippen molar-refractivity contribution in [2.75, 3.05) is 25.0 Å². The number of hydrogen-bond acceptors (Lipinski definition) is 3. The predicted molar refractivity (Wildman–Crippen MR) is 71.8 cm³/mol. The first kappa shape index (κ1) is 15.4. The zero-order valence-electron chi connectivity index (χ0n) is 11.3. The second-order valence-electron chi connectivity index (χ2n) is 5.06. The van der Waals surface area contributed by atoms with Crippen molar-refractivity contribution in [1.29, 1.82) is 0 Å². The number of nitrogens with one attached hydrogen (secondary N) is 1. The number of likely N-dealkylation sites (tertiary alicyclic amines) is 1. The molecule has 114 valence electrons. The Labute approximate surface area is 120 Å². The van der Waals surface area contributed by atoms with Gasteiger partial charge in [0.05, 0.1) is 18.2 Å². The Balaban J connectivity index is 1.85. The summed E-state index contributed by atoms with van der Waals surface area (Å²) in [7, 11) is 0. The fourth-order valence-corrected chi connectivity index (χ4v) is 2.32. The third-order valence-corrected chi connectivity index (χ3v) is 3.51. The topological polar surface area (TPSA) is 69.6 Å². The summed E-state index contributed by atoms with van der Waals surface area (Å²) in [6.07, 6.45) is 0.966. The van der Waals surface area contributed by atoms with Crippen LogP contribution in [0.3, 0.4) is 0 Å². The van der Waals surface area contributed by atoms with E-state index in [4.69, 9.17) is 5.11 Å². The highest BCUT2D eigenvalue weighted by Gasteiger charge is 2.25. The van der Waals surface area contributed by atoms with E-state index in [1.165, 1.54) is 0 Å². The highest BCUT2D eigenvalue weighted by atomic mass is 19.1. The average Bonchev–Trinajstić information content (AvgIpc) is 2.43. The van der Waals surface area contributed by atoms with Crippen LogP contribution in [0.5, 0.6) is 0 Å². The molecule has 1 saturated heterocycles. The number of aliphatic carboxylic acids is 1. The molecule has 0 atom stereocenters. The average molecular weight is 298 g/mol. The summed E-state index contributed by atoms with van der Waals surface area (Å²) in [6, 6.07) is 2.84. The normalized spacial score (nSPS) is 16.7. The van der Waals surface area contributed by atoms with Crippen LogP contribution >= 0.6 is 0 Å². The van der Waals surface area contributed by atoms with Crippen LogP contribution in [0, 0.1) is 17.6 Å². The maximum Gasteiger partial charge on any atom is 0.306 e. The number of halogens is 2. The van der Waals surface area contributed by atoms with E-state index in [0.717, 1.165) is 18.2 Å². The van der Waals surface area contributed by atoms with Crippen molar-refractivity contribution < 1.29 is 23.5 Å². The summed E-state index contributed by atoms with van der Waals surface area (Å²) in [4.78, 5) is 24.4. The van der Waals surface area contributed by atoms with Gasteiger partial charge in [-0.15, -0.1) is 0 Å². The van der Waals surface area contributed by atoms with Crippen molar-refractivity contribution in [3.63, 3.8) is 0 Å². The molecule has 5 nitrogen and oxygen atoms in total. The van der Waals surface area contributed by atoms with Gasteiger partial charge >= 0.3 is 5.97 Å².